The Hall–Kier alpha value is -1.89. The van der Waals surface area contributed by atoms with E-state index in [2.05, 4.69) is 26.6 Å². The summed E-state index contributed by atoms with van der Waals surface area (Å²) in [6.07, 6.45) is 2.85. The van der Waals surface area contributed by atoms with E-state index >= 15 is 0 Å². The SMILES string of the molecule is CC1CCCC(C)C12NC(=O)N(CC(=O)Nc1ccc(Br)cc1)C2=O. The van der Waals surface area contributed by atoms with Gasteiger partial charge in [0.1, 0.15) is 12.1 Å². The van der Waals surface area contributed by atoms with Crippen LogP contribution in [0, 0.1) is 11.8 Å². The minimum Gasteiger partial charge on any atom is -0.325 e. The molecular formula is C18H22BrN3O3. The van der Waals surface area contributed by atoms with Crippen LogP contribution in [0.25, 0.3) is 0 Å². The number of carbonyl (C=O) groups excluding carboxylic acids is 3. The summed E-state index contributed by atoms with van der Waals surface area (Å²) in [5.74, 6) is -0.540. The van der Waals surface area contributed by atoms with Crippen molar-refractivity contribution in [1.82, 2.24) is 10.2 Å². The Balaban J connectivity index is 1.72. The molecule has 2 atom stereocenters. The standard InChI is InChI=1S/C18H22BrN3O3/c1-11-4-3-5-12(2)18(11)16(24)22(17(25)21-18)10-15(23)20-14-8-6-13(19)7-9-14/h6-9,11-12H,3-5,10H2,1-2H3,(H,20,23)(H,21,25). The summed E-state index contributed by atoms with van der Waals surface area (Å²) >= 11 is 3.33. The molecule has 1 spiro atoms. The normalized spacial score (nSPS) is 29.0. The first kappa shape index (κ1) is 17.9. The van der Waals surface area contributed by atoms with E-state index in [1.54, 1.807) is 12.1 Å². The summed E-state index contributed by atoms with van der Waals surface area (Å²) < 4.78 is 0.904. The van der Waals surface area contributed by atoms with Crippen LogP contribution in [-0.2, 0) is 9.59 Å². The highest BCUT2D eigenvalue weighted by molar-refractivity contribution is 9.10. The van der Waals surface area contributed by atoms with E-state index in [1.807, 2.05) is 26.0 Å². The van der Waals surface area contributed by atoms with Crippen molar-refractivity contribution in [1.29, 1.82) is 0 Å². The molecule has 1 aliphatic heterocycles. The maximum Gasteiger partial charge on any atom is 0.325 e. The van der Waals surface area contributed by atoms with Crippen LogP contribution in [0.4, 0.5) is 10.5 Å². The first-order valence-corrected chi connectivity index (χ1v) is 9.33. The number of nitrogens with zero attached hydrogens (tertiary/aromatic N) is 1. The summed E-state index contributed by atoms with van der Waals surface area (Å²) in [6, 6.07) is 6.64. The van der Waals surface area contributed by atoms with Gasteiger partial charge in [0.2, 0.25) is 5.91 Å². The van der Waals surface area contributed by atoms with E-state index < -0.39 is 11.6 Å². The van der Waals surface area contributed by atoms with Crippen LogP contribution in [0.3, 0.4) is 0 Å². The zero-order valence-electron chi connectivity index (χ0n) is 14.3. The van der Waals surface area contributed by atoms with Gasteiger partial charge in [0.25, 0.3) is 5.91 Å². The number of hydrogen-bond acceptors (Lipinski definition) is 3. The van der Waals surface area contributed by atoms with E-state index in [9.17, 15) is 14.4 Å². The number of hydrogen-bond donors (Lipinski definition) is 2. The molecule has 2 N–H and O–H groups in total. The molecular weight excluding hydrogens is 386 g/mol. The zero-order valence-corrected chi connectivity index (χ0v) is 15.9. The van der Waals surface area contributed by atoms with Gasteiger partial charge in [-0.25, -0.2) is 4.79 Å². The second kappa shape index (κ2) is 6.78. The van der Waals surface area contributed by atoms with Crippen molar-refractivity contribution in [3.63, 3.8) is 0 Å². The van der Waals surface area contributed by atoms with Gasteiger partial charge in [-0.3, -0.25) is 14.5 Å². The lowest BCUT2D eigenvalue weighted by Crippen LogP contribution is -2.59. The summed E-state index contributed by atoms with van der Waals surface area (Å²) in [7, 11) is 0. The third-order valence-electron chi connectivity index (χ3n) is 5.42. The number of nitrogens with one attached hydrogen (secondary N) is 2. The molecule has 2 fully saturated rings. The molecule has 1 aromatic carbocycles. The van der Waals surface area contributed by atoms with Crippen LogP contribution in [0.5, 0.6) is 0 Å². The van der Waals surface area contributed by atoms with Gasteiger partial charge in [0.15, 0.2) is 0 Å². The highest BCUT2D eigenvalue weighted by atomic mass is 79.9. The van der Waals surface area contributed by atoms with E-state index in [0.717, 1.165) is 28.6 Å². The van der Waals surface area contributed by atoms with Gasteiger partial charge in [-0.05, 0) is 48.9 Å². The number of halogens is 1. The largest absolute Gasteiger partial charge is 0.325 e. The van der Waals surface area contributed by atoms with Crippen LogP contribution in [-0.4, -0.2) is 34.8 Å². The Bertz CT molecular complexity index is 694. The van der Waals surface area contributed by atoms with E-state index in [-0.39, 0.29) is 30.2 Å². The fourth-order valence-corrected chi connectivity index (χ4v) is 4.24. The predicted molar refractivity (Wildman–Crippen MR) is 97.9 cm³/mol. The molecule has 1 heterocycles. The number of urea groups is 1. The molecule has 2 unspecified atom stereocenters. The van der Waals surface area contributed by atoms with Gasteiger partial charge < -0.3 is 10.6 Å². The average molecular weight is 408 g/mol. The van der Waals surface area contributed by atoms with Gasteiger partial charge in [-0.1, -0.05) is 36.2 Å². The Morgan fingerprint density at radius 1 is 1.24 bits per heavy atom. The first-order valence-electron chi connectivity index (χ1n) is 8.54. The molecule has 3 rings (SSSR count). The average Bonchev–Trinajstić information content (AvgIpc) is 2.81. The Morgan fingerprint density at radius 3 is 2.44 bits per heavy atom. The first-order chi connectivity index (χ1) is 11.8. The molecule has 7 heteroatoms. The van der Waals surface area contributed by atoms with Crippen molar-refractivity contribution >= 4 is 39.5 Å². The molecule has 0 aromatic heterocycles. The number of amides is 4. The second-order valence-electron chi connectivity index (χ2n) is 6.98. The number of carbonyl (C=O) groups is 3. The molecule has 0 bridgehead atoms. The molecule has 6 nitrogen and oxygen atoms in total. The van der Waals surface area contributed by atoms with Gasteiger partial charge in [-0.2, -0.15) is 0 Å². The monoisotopic (exact) mass is 407 g/mol. The fraction of sp³-hybridized carbons (Fsp3) is 0.500. The van der Waals surface area contributed by atoms with Crippen molar-refractivity contribution < 1.29 is 14.4 Å². The van der Waals surface area contributed by atoms with Crippen LogP contribution < -0.4 is 10.6 Å². The third kappa shape index (κ3) is 3.17. The predicted octanol–water partition coefficient (Wildman–Crippen LogP) is 3.13. The Kier molecular flexibility index (Phi) is 4.86. The molecule has 1 saturated heterocycles. The topological polar surface area (TPSA) is 78.5 Å². The molecule has 4 amide bonds. The summed E-state index contributed by atoms with van der Waals surface area (Å²) in [5.41, 5.74) is -0.248. The van der Waals surface area contributed by atoms with Crippen molar-refractivity contribution in [2.75, 3.05) is 11.9 Å². The van der Waals surface area contributed by atoms with Gasteiger partial charge >= 0.3 is 6.03 Å². The van der Waals surface area contributed by atoms with Crippen LogP contribution >= 0.6 is 15.9 Å². The van der Waals surface area contributed by atoms with Crippen LogP contribution in [0.2, 0.25) is 0 Å². The molecule has 1 aliphatic carbocycles. The summed E-state index contributed by atoms with van der Waals surface area (Å²) in [6.45, 7) is 3.72. The minimum atomic E-state index is -0.868. The Labute approximate surface area is 155 Å². The molecule has 25 heavy (non-hydrogen) atoms. The fourth-order valence-electron chi connectivity index (χ4n) is 3.97. The quantitative estimate of drug-likeness (QED) is 0.755. The lowest BCUT2D eigenvalue weighted by molar-refractivity contribution is -0.138. The summed E-state index contributed by atoms with van der Waals surface area (Å²) in [4.78, 5) is 38.7. The van der Waals surface area contributed by atoms with Crippen LogP contribution in [0.15, 0.2) is 28.7 Å². The Morgan fingerprint density at radius 2 is 1.84 bits per heavy atom. The molecule has 2 aliphatic rings. The number of rotatable bonds is 3. The van der Waals surface area contributed by atoms with Gasteiger partial charge in [-0.15, -0.1) is 0 Å². The number of imide groups is 1. The lowest BCUT2D eigenvalue weighted by Gasteiger charge is -2.42. The van der Waals surface area contributed by atoms with Gasteiger partial charge in [0, 0.05) is 10.2 Å². The second-order valence-corrected chi connectivity index (χ2v) is 7.89. The third-order valence-corrected chi connectivity index (χ3v) is 5.95. The summed E-state index contributed by atoms with van der Waals surface area (Å²) in [5, 5.41) is 5.61. The number of benzene rings is 1. The lowest BCUT2D eigenvalue weighted by atomic mass is 9.67. The van der Waals surface area contributed by atoms with Crippen molar-refractivity contribution in [3.8, 4) is 0 Å². The van der Waals surface area contributed by atoms with Crippen LogP contribution in [0.1, 0.15) is 33.1 Å². The molecule has 1 aromatic rings. The zero-order chi connectivity index (χ0) is 18.2. The highest BCUT2D eigenvalue weighted by Crippen LogP contribution is 2.42. The highest BCUT2D eigenvalue weighted by Gasteiger charge is 2.58. The van der Waals surface area contributed by atoms with Crippen molar-refractivity contribution in [2.45, 2.75) is 38.6 Å². The van der Waals surface area contributed by atoms with E-state index in [0.29, 0.717) is 5.69 Å². The van der Waals surface area contributed by atoms with E-state index in [4.69, 9.17) is 0 Å². The molecule has 1 saturated carbocycles. The smallest absolute Gasteiger partial charge is 0.325 e. The van der Waals surface area contributed by atoms with E-state index in [1.165, 1.54) is 0 Å². The maximum absolute atomic E-state index is 13.0. The maximum atomic E-state index is 13.0. The molecule has 0 radical (unpaired) electrons. The van der Waals surface area contributed by atoms with Crippen molar-refractivity contribution in [2.24, 2.45) is 11.8 Å². The minimum absolute atomic E-state index is 0.0623. The molecule has 134 valence electrons. The van der Waals surface area contributed by atoms with Crippen molar-refractivity contribution in [3.05, 3.63) is 28.7 Å². The van der Waals surface area contributed by atoms with Gasteiger partial charge in [0.05, 0.1) is 0 Å². The number of anilines is 1.